The summed E-state index contributed by atoms with van der Waals surface area (Å²) >= 11 is 0. The second kappa shape index (κ2) is 6.53. The highest BCUT2D eigenvalue weighted by Crippen LogP contribution is 2.20. The van der Waals surface area contributed by atoms with Crippen LogP contribution < -0.4 is 11.1 Å². The molecule has 1 aromatic carbocycles. The first-order valence-corrected chi connectivity index (χ1v) is 8.48. The summed E-state index contributed by atoms with van der Waals surface area (Å²) < 4.78 is 36.5. The highest BCUT2D eigenvalue weighted by atomic mass is 32.2. The van der Waals surface area contributed by atoms with Crippen LogP contribution in [0, 0.1) is 11.7 Å². The van der Waals surface area contributed by atoms with Gasteiger partial charge in [-0.2, -0.15) is 0 Å². The van der Waals surface area contributed by atoms with Crippen LogP contribution in [0.1, 0.15) is 32.4 Å². The molecule has 0 fully saturated rings. The highest BCUT2D eigenvalue weighted by Gasteiger charge is 2.20. The predicted molar refractivity (Wildman–Crippen MR) is 78.9 cm³/mol. The fourth-order valence-corrected chi connectivity index (χ4v) is 2.48. The SMILES string of the molecule is CC(NC(=O)C(C)C(C)N)c1ccc(S(C)(=O)=O)c(F)c1. The van der Waals surface area contributed by atoms with Crippen molar-refractivity contribution in [2.75, 3.05) is 6.26 Å². The van der Waals surface area contributed by atoms with Gasteiger partial charge < -0.3 is 11.1 Å². The Morgan fingerprint density at radius 2 is 1.86 bits per heavy atom. The number of nitrogens with one attached hydrogen (secondary N) is 1. The standard InChI is InChI=1S/C14H21FN2O3S/c1-8(9(2)16)14(18)17-10(3)11-5-6-13(12(15)7-11)21(4,19)20/h5-10H,16H2,1-4H3,(H,17,18). The van der Waals surface area contributed by atoms with Crippen LogP contribution in [-0.2, 0) is 14.6 Å². The van der Waals surface area contributed by atoms with Gasteiger partial charge in [0.05, 0.1) is 6.04 Å². The van der Waals surface area contributed by atoms with E-state index in [4.69, 9.17) is 5.73 Å². The lowest BCUT2D eigenvalue weighted by Gasteiger charge is -2.20. The molecule has 0 aliphatic rings. The van der Waals surface area contributed by atoms with E-state index in [1.807, 2.05) is 0 Å². The van der Waals surface area contributed by atoms with Crippen molar-refractivity contribution in [1.82, 2.24) is 5.32 Å². The summed E-state index contributed by atoms with van der Waals surface area (Å²) in [6.07, 6.45) is 0.945. The van der Waals surface area contributed by atoms with E-state index in [0.717, 1.165) is 12.3 Å². The lowest BCUT2D eigenvalue weighted by molar-refractivity contribution is -0.125. The molecule has 1 amide bonds. The van der Waals surface area contributed by atoms with Gasteiger partial charge in [0.2, 0.25) is 5.91 Å². The summed E-state index contributed by atoms with van der Waals surface area (Å²) in [5.74, 6) is -1.42. The van der Waals surface area contributed by atoms with Crippen LogP contribution in [0.15, 0.2) is 23.1 Å². The molecule has 0 heterocycles. The van der Waals surface area contributed by atoms with Gasteiger partial charge in [0, 0.05) is 18.2 Å². The maximum absolute atomic E-state index is 13.8. The molecular weight excluding hydrogens is 295 g/mol. The van der Waals surface area contributed by atoms with Crippen LogP contribution in [0.4, 0.5) is 4.39 Å². The Hall–Kier alpha value is -1.47. The lowest BCUT2D eigenvalue weighted by atomic mass is 10.0. The molecule has 0 spiro atoms. The van der Waals surface area contributed by atoms with Gasteiger partial charge in [-0.25, -0.2) is 12.8 Å². The van der Waals surface area contributed by atoms with Crippen molar-refractivity contribution >= 4 is 15.7 Å². The fraction of sp³-hybridized carbons (Fsp3) is 0.500. The van der Waals surface area contributed by atoms with Crippen molar-refractivity contribution in [3.8, 4) is 0 Å². The number of hydrogen-bond donors (Lipinski definition) is 2. The molecule has 3 atom stereocenters. The Labute approximate surface area is 124 Å². The van der Waals surface area contributed by atoms with Crippen molar-refractivity contribution in [1.29, 1.82) is 0 Å². The Bertz CT molecular complexity index is 629. The Morgan fingerprint density at radius 3 is 2.29 bits per heavy atom. The lowest BCUT2D eigenvalue weighted by Crippen LogP contribution is -2.39. The van der Waals surface area contributed by atoms with Crippen molar-refractivity contribution in [3.05, 3.63) is 29.6 Å². The van der Waals surface area contributed by atoms with Gasteiger partial charge in [-0.3, -0.25) is 4.79 Å². The van der Waals surface area contributed by atoms with Gasteiger partial charge in [0.1, 0.15) is 10.7 Å². The van der Waals surface area contributed by atoms with Crippen LogP contribution in [0.3, 0.4) is 0 Å². The van der Waals surface area contributed by atoms with Crippen molar-refractivity contribution < 1.29 is 17.6 Å². The summed E-state index contributed by atoms with van der Waals surface area (Å²) in [7, 11) is -3.60. The van der Waals surface area contributed by atoms with Crippen LogP contribution in [-0.4, -0.2) is 26.6 Å². The molecule has 0 bridgehead atoms. The Kier molecular flexibility index (Phi) is 5.47. The zero-order valence-electron chi connectivity index (χ0n) is 12.6. The van der Waals surface area contributed by atoms with E-state index in [1.54, 1.807) is 20.8 Å². The van der Waals surface area contributed by atoms with E-state index >= 15 is 0 Å². The molecule has 0 saturated carbocycles. The fourth-order valence-electron chi connectivity index (χ4n) is 1.75. The number of amides is 1. The molecule has 0 aliphatic carbocycles. The van der Waals surface area contributed by atoms with E-state index in [0.29, 0.717) is 5.56 Å². The molecule has 7 heteroatoms. The minimum atomic E-state index is -3.60. The van der Waals surface area contributed by atoms with E-state index in [-0.39, 0.29) is 22.8 Å². The van der Waals surface area contributed by atoms with Crippen molar-refractivity contribution in [3.63, 3.8) is 0 Å². The third-order valence-electron chi connectivity index (χ3n) is 3.42. The average Bonchev–Trinajstić information content (AvgIpc) is 2.35. The minimum absolute atomic E-state index is 0.231. The topological polar surface area (TPSA) is 89.3 Å². The number of carbonyl (C=O) groups is 1. The summed E-state index contributed by atoms with van der Waals surface area (Å²) in [5.41, 5.74) is 6.15. The summed E-state index contributed by atoms with van der Waals surface area (Å²) in [5, 5.41) is 2.73. The average molecular weight is 316 g/mol. The molecule has 0 radical (unpaired) electrons. The zero-order chi connectivity index (χ0) is 16.4. The number of halogens is 1. The molecule has 1 rings (SSSR count). The van der Waals surface area contributed by atoms with Gasteiger partial charge in [-0.05, 0) is 31.5 Å². The third-order valence-corrected chi connectivity index (χ3v) is 4.55. The number of rotatable bonds is 5. The Morgan fingerprint density at radius 1 is 1.29 bits per heavy atom. The first-order valence-electron chi connectivity index (χ1n) is 6.59. The summed E-state index contributed by atoms with van der Waals surface area (Å²) in [6.45, 7) is 5.14. The molecule has 0 aromatic heterocycles. The molecule has 1 aromatic rings. The normalized spacial score (nSPS) is 16.1. The third kappa shape index (κ3) is 4.50. The number of hydrogen-bond acceptors (Lipinski definition) is 4. The molecule has 5 nitrogen and oxygen atoms in total. The maximum atomic E-state index is 13.8. The van der Waals surface area contributed by atoms with Crippen LogP contribution >= 0.6 is 0 Å². The first-order chi connectivity index (χ1) is 9.54. The van der Waals surface area contributed by atoms with Gasteiger partial charge in [-0.15, -0.1) is 0 Å². The molecule has 118 valence electrons. The van der Waals surface area contributed by atoms with Gasteiger partial charge in [0.15, 0.2) is 9.84 Å². The molecule has 3 N–H and O–H groups in total. The van der Waals surface area contributed by atoms with E-state index in [2.05, 4.69) is 5.32 Å². The quantitative estimate of drug-likeness (QED) is 0.859. The molecule has 0 saturated heterocycles. The van der Waals surface area contributed by atoms with Crippen LogP contribution in [0.5, 0.6) is 0 Å². The monoisotopic (exact) mass is 316 g/mol. The van der Waals surface area contributed by atoms with Crippen LogP contribution in [0.25, 0.3) is 0 Å². The zero-order valence-corrected chi connectivity index (χ0v) is 13.4. The van der Waals surface area contributed by atoms with Gasteiger partial charge in [-0.1, -0.05) is 13.0 Å². The molecule has 0 aliphatic heterocycles. The number of sulfone groups is 1. The van der Waals surface area contributed by atoms with Crippen molar-refractivity contribution in [2.24, 2.45) is 11.7 Å². The van der Waals surface area contributed by atoms with Gasteiger partial charge in [0.25, 0.3) is 0 Å². The smallest absolute Gasteiger partial charge is 0.224 e. The highest BCUT2D eigenvalue weighted by molar-refractivity contribution is 7.90. The second-order valence-electron chi connectivity index (χ2n) is 5.34. The second-order valence-corrected chi connectivity index (χ2v) is 7.32. The van der Waals surface area contributed by atoms with Crippen molar-refractivity contribution in [2.45, 2.75) is 37.8 Å². The number of nitrogens with two attached hydrogens (primary N) is 1. The van der Waals surface area contributed by atoms with E-state index < -0.39 is 21.7 Å². The van der Waals surface area contributed by atoms with E-state index in [9.17, 15) is 17.6 Å². The minimum Gasteiger partial charge on any atom is -0.349 e. The Balaban J connectivity index is 2.92. The van der Waals surface area contributed by atoms with Gasteiger partial charge >= 0.3 is 0 Å². The summed E-state index contributed by atoms with van der Waals surface area (Å²) in [4.78, 5) is 11.5. The molecule has 21 heavy (non-hydrogen) atoms. The first kappa shape index (κ1) is 17.6. The molecule has 3 unspecified atom stereocenters. The van der Waals surface area contributed by atoms with E-state index in [1.165, 1.54) is 12.1 Å². The van der Waals surface area contributed by atoms with Crippen LogP contribution in [0.2, 0.25) is 0 Å². The predicted octanol–water partition coefficient (Wildman–Crippen LogP) is 1.39. The maximum Gasteiger partial charge on any atom is 0.224 e. The molecular formula is C14H21FN2O3S. The number of benzene rings is 1. The number of carbonyl (C=O) groups excluding carboxylic acids is 1. The summed E-state index contributed by atoms with van der Waals surface area (Å²) in [6, 6.07) is 3.08. The largest absolute Gasteiger partial charge is 0.349 e.